The maximum atomic E-state index is 11.5. The van der Waals surface area contributed by atoms with Crippen LogP contribution in [0.15, 0.2) is 0 Å². The fraction of sp³-hybridized carbons (Fsp3) is 0.900. The third kappa shape index (κ3) is 3.64. The van der Waals surface area contributed by atoms with Gasteiger partial charge in [-0.3, -0.25) is 4.79 Å². The largest absolute Gasteiger partial charge is 0.345 e. The molecule has 82 valence electrons. The summed E-state index contributed by atoms with van der Waals surface area (Å²) in [5.74, 6) is 0.165. The molecular formula is C10H21N3O. The van der Waals surface area contributed by atoms with Gasteiger partial charge in [0.05, 0.1) is 6.54 Å². The van der Waals surface area contributed by atoms with Crippen LogP contribution in [-0.4, -0.2) is 49.0 Å². The zero-order valence-corrected chi connectivity index (χ0v) is 9.25. The van der Waals surface area contributed by atoms with Crippen molar-refractivity contribution >= 4 is 5.91 Å². The zero-order chi connectivity index (χ0) is 10.4. The summed E-state index contributed by atoms with van der Waals surface area (Å²) < 4.78 is 0. The van der Waals surface area contributed by atoms with Gasteiger partial charge in [-0.1, -0.05) is 6.42 Å². The average Bonchev–Trinajstić information content (AvgIpc) is 2.26. The van der Waals surface area contributed by atoms with Crippen molar-refractivity contribution in [1.29, 1.82) is 0 Å². The van der Waals surface area contributed by atoms with E-state index in [1.807, 2.05) is 14.0 Å². The molecule has 4 nitrogen and oxygen atoms in total. The molecule has 0 aliphatic carbocycles. The molecule has 1 saturated heterocycles. The van der Waals surface area contributed by atoms with Crippen LogP contribution in [0.5, 0.6) is 0 Å². The molecule has 0 spiro atoms. The SMILES string of the molecule is CCN(C)C(=O)CNN1CCCCC1. The van der Waals surface area contributed by atoms with Crippen LogP contribution < -0.4 is 5.43 Å². The molecule has 1 rings (SSSR count). The smallest absolute Gasteiger partial charge is 0.237 e. The van der Waals surface area contributed by atoms with Crippen molar-refractivity contribution in [2.24, 2.45) is 0 Å². The number of hydrogen-bond donors (Lipinski definition) is 1. The van der Waals surface area contributed by atoms with Gasteiger partial charge < -0.3 is 4.90 Å². The van der Waals surface area contributed by atoms with Gasteiger partial charge in [-0.25, -0.2) is 10.4 Å². The molecule has 0 saturated carbocycles. The minimum Gasteiger partial charge on any atom is -0.345 e. The van der Waals surface area contributed by atoms with E-state index in [1.54, 1.807) is 4.90 Å². The van der Waals surface area contributed by atoms with E-state index in [0.29, 0.717) is 6.54 Å². The van der Waals surface area contributed by atoms with Crippen molar-refractivity contribution < 1.29 is 4.79 Å². The van der Waals surface area contributed by atoms with Gasteiger partial charge in [-0.15, -0.1) is 0 Å². The third-order valence-electron chi connectivity index (χ3n) is 2.71. The first-order valence-corrected chi connectivity index (χ1v) is 5.46. The van der Waals surface area contributed by atoms with Crippen LogP contribution in [0.4, 0.5) is 0 Å². The first-order chi connectivity index (χ1) is 6.74. The van der Waals surface area contributed by atoms with E-state index in [0.717, 1.165) is 19.6 Å². The van der Waals surface area contributed by atoms with E-state index in [1.165, 1.54) is 19.3 Å². The van der Waals surface area contributed by atoms with E-state index in [2.05, 4.69) is 10.4 Å². The first kappa shape index (κ1) is 11.5. The number of nitrogens with zero attached hydrogens (tertiary/aromatic N) is 2. The molecule has 0 atom stereocenters. The Morgan fingerprint density at radius 1 is 1.36 bits per heavy atom. The number of nitrogens with one attached hydrogen (secondary N) is 1. The Morgan fingerprint density at radius 2 is 2.00 bits per heavy atom. The second-order valence-electron chi connectivity index (χ2n) is 3.79. The minimum absolute atomic E-state index is 0.165. The highest BCUT2D eigenvalue weighted by Gasteiger charge is 2.12. The fourth-order valence-electron chi connectivity index (χ4n) is 1.54. The van der Waals surface area contributed by atoms with Gasteiger partial charge in [0.2, 0.25) is 5.91 Å². The number of hydrogen-bond acceptors (Lipinski definition) is 3. The lowest BCUT2D eigenvalue weighted by Crippen LogP contribution is -2.46. The van der Waals surface area contributed by atoms with Gasteiger partial charge in [0, 0.05) is 26.7 Å². The quantitative estimate of drug-likeness (QED) is 0.714. The monoisotopic (exact) mass is 199 g/mol. The summed E-state index contributed by atoms with van der Waals surface area (Å²) in [5.41, 5.74) is 3.18. The van der Waals surface area contributed by atoms with Gasteiger partial charge in [0.1, 0.15) is 0 Å². The second-order valence-corrected chi connectivity index (χ2v) is 3.79. The normalized spacial score (nSPS) is 18.1. The number of hydrazine groups is 1. The van der Waals surface area contributed by atoms with Crippen molar-refractivity contribution in [1.82, 2.24) is 15.3 Å². The maximum Gasteiger partial charge on any atom is 0.237 e. The summed E-state index contributed by atoms with van der Waals surface area (Å²) in [4.78, 5) is 13.2. The molecule has 1 N–H and O–H groups in total. The zero-order valence-electron chi connectivity index (χ0n) is 9.25. The summed E-state index contributed by atoms with van der Waals surface area (Å²) in [6.45, 7) is 5.34. The standard InChI is InChI=1S/C10H21N3O/c1-3-12(2)10(14)9-11-13-7-5-4-6-8-13/h11H,3-9H2,1-2H3. The van der Waals surface area contributed by atoms with Crippen LogP contribution >= 0.6 is 0 Å². The number of piperidine rings is 1. The van der Waals surface area contributed by atoms with E-state index in [9.17, 15) is 4.79 Å². The minimum atomic E-state index is 0.165. The highest BCUT2D eigenvalue weighted by molar-refractivity contribution is 5.77. The molecule has 0 aromatic carbocycles. The predicted octanol–water partition coefficient (Wildman–Crippen LogP) is 0.455. The highest BCUT2D eigenvalue weighted by atomic mass is 16.2. The highest BCUT2D eigenvalue weighted by Crippen LogP contribution is 2.05. The van der Waals surface area contributed by atoms with Crippen molar-refractivity contribution in [3.8, 4) is 0 Å². The summed E-state index contributed by atoms with van der Waals surface area (Å²) in [5, 5.41) is 2.16. The van der Waals surface area contributed by atoms with Gasteiger partial charge in [0.25, 0.3) is 0 Å². The van der Waals surface area contributed by atoms with Crippen molar-refractivity contribution in [2.45, 2.75) is 26.2 Å². The van der Waals surface area contributed by atoms with Crippen LogP contribution in [0, 0.1) is 0 Å². The third-order valence-corrected chi connectivity index (χ3v) is 2.71. The number of likely N-dealkylation sites (N-methyl/N-ethyl adjacent to an activating group) is 1. The lowest BCUT2D eigenvalue weighted by atomic mass is 10.2. The molecule has 1 heterocycles. The first-order valence-electron chi connectivity index (χ1n) is 5.46. The summed E-state index contributed by atoms with van der Waals surface area (Å²) >= 11 is 0. The molecule has 14 heavy (non-hydrogen) atoms. The summed E-state index contributed by atoms with van der Waals surface area (Å²) in [6, 6.07) is 0. The molecule has 1 amide bonds. The van der Waals surface area contributed by atoms with Crippen molar-refractivity contribution in [2.75, 3.05) is 33.2 Å². The lowest BCUT2D eigenvalue weighted by Gasteiger charge is -2.27. The Balaban J connectivity index is 2.15. The molecule has 1 fully saturated rings. The van der Waals surface area contributed by atoms with Crippen LogP contribution in [0.1, 0.15) is 26.2 Å². The topological polar surface area (TPSA) is 35.6 Å². The fourth-order valence-corrected chi connectivity index (χ4v) is 1.54. The Bertz CT molecular complexity index is 178. The Morgan fingerprint density at radius 3 is 2.57 bits per heavy atom. The molecule has 1 aliphatic heterocycles. The maximum absolute atomic E-state index is 11.5. The molecule has 1 aliphatic rings. The van der Waals surface area contributed by atoms with Crippen molar-refractivity contribution in [3.05, 3.63) is 0 Å². The van der Waals surface area contributed by atoms with Crippen LogP contribution in [-0.2, 0) is 4.79 Å². The molecule has 0 radical (unpaired) electrons. The number of rotatable bonds is 4. The van der Waals surface area contributed by atoms with Gasteiger partial charge in [-0.05, 0) is 19.8 Å². The summed E-state index contributed by atoms with van der Waals surface area (Å²) in [6.07, 6.45) is 3.80. The van der Waals surface area contributed by atoms with Crippen molar-refractivity contribution in [3.63, 3.8) is 0 Å². The van der Waals surface area contributed by atoms with Crippen LogP contribution in [0.2, 0.25) is 0 Å². The lowest BCUT2D eigenvalue weighted by molar-refractivity contribution is -0.129. The average molecular weight is 199 g/mol. The number of carbonyl (C=O) groups excluding carboxylic acids is 1. The Kier molecular flexibility index (Phi) is 4.90. The van der Waals surface area contributed by atoms with E-state index >= 15 is 0 Å². The predicted molar refractivity (Wildman–Crippen MR) is 56.7 cm³/mol. The van der Waals surface area contributed by atoms with Gasteiger partial charge in [-0.2, -0.15) is 0 Å². The van der Waals surface area contributed by atoms with Crippen LogP contribution in [0.25, 0.3) is 0 Å². The Labute approximate surface area is 86.2 Å². The second kappa shape index (κ2) is 5.98. The van der Waals surface area contributed by atoms with E-state index < -0.39 is 0 Å². The van der Waals surface area contributed by atoms with Crippen LogP contribution in [0.3, 0.4) is 0 Å². The molecule has 4 heteroatoms. The van der Waals surface area contributed by atoms with E-state index in [4.69, 9.17) is 0 Å². The summed E-state index contributed by atoms with van der Waals surface area (Å²) in [7, 11) is 1.83. The molecule has 0 bridgehead atoms. The number of carbonyl (C=O) groups is 1. The Hall–Kier alpha value is -0.610. The molecule has 0 aromatic rings. The molecule has 0 unspecified atom stereocenters. The van der Waals surface area contributed by atoms with Gasteiger partial charge >= 0.3 is 0 Å². The van der Waals surface area contributed by atoms with E-state index in [-0.39, 0.29) is 5.91 Å². The molecular weight excluding hydrogens is 178 g/mol. The number of amides is 1. The van der Waals surface area contributed by atoms with Gasteiger partial charge in [0.15, 0.2) is 0 Å². The molecule has 0 aromatic heterocycles.